The molecule has 150 valence electrons. The number of para-hydroxylation sites is 1. The first-order valence-corrected chi connectivity index (χ1v) is 9.60. The summed E-state index contributed by atoms with van der Waals surface area (Å²) < 4.78 is 11.1. The molecule has 1 aliphatic rings. The number of carbonyl (C=O) groups is 2. The number of aryl methyl sites for hydroxylation is 2. The zero-order valence-electron chi connectivity index (χ0n) is 16.3. The topological polar surface area (TPSA) is 92.9 Å². The average Bonchev–Trinajstić information content (AvgIpc) is 3.02. The maximum atomic E-state index is 13.1. The lowest BCUT2D eigenvalue weighted by atomic mass is 9.93. The van der Waals surface area contributed by atoms with Crippen molar-refractivity contribution in [1.82, 2.24) is 10.1 Å². The first-order chi connectivity index (χ1) is 13.5. The van der Waals surface area contributed by atoms with Gasteiger partial charge in [-0.15, -0.1) is 0 Å². The summed E-state index contributed by atoms with van der Waals surface area (Å²) in [5, 5.41) is 12.8. The fraction of sp³-hybridized carbons (Fsp3) is 0.476. The monoisotopic (exact) mass is 386 g/mol. The molecule has 28 heavy (non-hydrogen) atoms. The fourth-order valence-electron chi connectivity index (χ4n) is 3.61. The Morgan fingerprint density at radius 3 is 2.82 bits per heavy atom. The van der Waals surface area contributed by atoms with Crippen LogP contribution in [0, 0.1) is 19.8 Å². The Bertz CT molecular complexity index is 826. The molecule has 0 bridgehead atoms. The second kappa shape index (κ2) is 8.91. The highest BCUT2D eigenvalue weighted by molar-refractivity contribution is 5.97. The van der Waals surface area contributed by atoms with Crippen LogP contribution in [0.4, 0.5) is 0 Å². The number of carboxylic acid groups (broad SMARTS) is 1. The lowest BCUT2D eigenvalue weighted by Crippen LogP contribution is -2.40. The predicted molar refractivity (Wildman–Crippen MR) is 102 cm³/mol. The van der Waals surface area contributed by atoms with Crippen molar-refractivity contribution in [1.29, 1.82) is 0 Å². The smallest absolute Gasteiger partial charge is 0.303 e. The van der Waals surface area contributed by atoms with Crippen molar-refractivity contribution >= 4 is 11.9 Å². The summed E-state index contributed by atoms with van der Waals surface area (Å²) >= 11 is 0. The van der Waals surface area contributed by atoms with E-state index >= 15 is 0 Å². The van der Waals surface area contributed by atoms with E-state index in [-0.39, 0.29) is 24.9 Å². The number of likely N-dealkylation sites (tertiary alicyclic amines) is 1. The Kier molecular flexibility index (Phi) is 6.34. The van der Waals surface area contributed by atoms with Crippen LogP contribution in [-0.4, -0.2) is 40.1 Å². The molecular formula is C21H26N2O5. The van der Waals surface area contributed by atoms with E-state index < -0.39 is 5.97 Å². The van der Waals surface area contributed by atoms with Crippen molar-refractivity contribution in [3.8, 4) is 5.75 Å². The van der Waals surface area contributed by atoms with Gasteiger partial charge in [0.15, 0.2) is 0 Å². The van der Waals surface area contributed by atoms with Gasteiger partial charge in [0, 0.05) is 19.5 Å². The fourth-order valence-corrected chi connectivity index (χ4v) is 3.61. The van der Waals surface area contributed by atoms with E-state index in [1.807, 2.05) is 30.9 Å². The number of hydrogen-bond donors (Lipinski definition) is 1. The van der Waals surface area contributed by atoms with Crippen molar-refractivity contribution in [2.24, 2.45) is 5.92 Å². The van der Waals surface area contributed by atoms with Crippen molar-refractivity contribution in [3.05, 3.63) is 46.8 Å². The molecule has 2 aromatic rings. The van der Waals surface area contributed by atoms with Crippen LogP contribution >= 0.6 is 0 Å². The Balaban J connectivity index is 1.69. The summed E-state index contributed by atoms with van der Waals surface area (Å²) in [5.41, 5.74) is 2.18. The minimum absolute atomic E-state index is 0.0746. The summed E-state index contributed by atoms with van der Waals surface area (Å²) in [6.45, 7) is 5.25. The van der Waals surface area contributed by atoms with E-state index in [0.717, 1.165) is 24.1 Å². The van der Waals surface area contributed by atoms with Crippen molar-refractivity contribution < 1.29 is 24.0 Å². The van der Waals surface area contributed by atoms with Gasteiger partial charge in [-0.3, -0.25) is 9.59 Å². The Hall–Kier alpha value is -2.83. The molecule has 1 aromatic heterocycles. The minimum Gasteiger partial charge on any atom is -0.488 e. The summed E-state index contributed by atoms with van der Waals surface area (Å²) in [6.07, 6.45) is 2.59. The number of rotatable bonds is 7. The van der Waals surface area contributed by atoms with Gasteiger partial charge >= 0.3 is 5.97 Å². The maximum Gasteiger partial charge on any atom is 0.303 e. The summed E-state index contributed by atoms with van der Waals surface area (Å²) in [7, 11) is 0. The van der Waals surface area contributed by atoms with E-state index in [1.165, 1.54) is 0 Å². The molecule has 1 amide bonds. The first kappa shape index (κ1) is 19.9. The van der Waals surface area contributed by atoms with Gasteiger partial charge in [-0.1, -0.05) is 17.3 Å². The number of carbonyl (C=O) groups excluding carboxylic acids is 1. The van der Waals surface area contributed by atoms with E-state index in [9.17, 15) is 9.59 Å². The molecule has 1 atom stereocenters. The number of carboxylic acids is 1. The maximum absolute atomic E-state index is 13.1. The van der Waals surface area contributed by atoms with Gasteiger partial charge in [-0.2, -0.15) is 0 Å². The van der Waals surface area contributed by atoms with Gasteiger partial charge in [0.1, 0.15) is 18.1 Å². The molecule has 2 heterocycles. The molecule has 1 aromatic carbocycles. The molecule has 1 aliphatic heterocycles. The molecule has 7 nitrogen and oxygen atoms in total. The Morgan fingerprint density at radius 2 is 2.11 bits per heavy atom. The largest absolute Gasteiger partial charge is 0.488 e. The van der Waals surface area contributed by atoms with Gasteiger partial charge in [0.2, 0.25) is 0 Å². The molecule has 0 saturated carbocycles. The van der Waals surface area contributed by atoms with E-state index in [2.05, 4.69) is 5.16 Å². The second-order valence-corrected chi connectivity index (χ2v) is 7.28. The zero-order chi connectivity index (χ0) is 20.1. The highest BCUT2D eigenvalue weighted by Gasteiger charge is 2.26. The molecule has 1 fully saturated rings. The minimum atomic E-state index is -0.790. The standard InChI is InChI=1S/C21H26N2O5/c1-14-18(15(2)28-22-14)13-27-19-8-4-3-7-17(19)21(26)23-11-5-6-16(12-23)9-10-20(24)25/h3-4,7-8,16H,5-6,9-13H2,1-2H3,(H,24,25). The van der Waals surface area contributed by atoms with Crippen LogP contribution in [0.25, 0.3) is 0 Å². The highest BCUT2D eigenvalue weighted by atomic mass is 16.5. The van der Waals surface area contributed by atoms with Crippen LogP contribution in [-0.2, 0) is 11.4 Å². The quantitative estimate of drug-likeness (QED) is 0.782. The lowest BCUT2D eigenvalue weighted by molar-refractivity contribution is -0.137. The van der Waals surface area contributed by atoms with E-state index in [0.29, 0.717) is 36.6 Å². The van der Waals surface area contributed by atoms with E-state index in [1.54, 1.807) is 12.1 Å². The van der Waals surface area contributed by atoms with Crippen LogP contribution in [0.2, 0.25) is 0 Å². The number of amides is 1. The second-order valence-electron chi connectivity index (χ2n) is 7.28. The molecular weight excluding hydrogens is 360 g/mol. The average molecular weight is 386 g/mol. The number of aliphatic carboxylic acids is 1. The van der Waals surface area contributed by atoms with Crippen molar-refractivity contribution in [3.63, 3.8) is 0 Å². The number of benzene rings is 1. The van der Waals surface area contributed by atoms with Crippen molar-refractivity contribution in [2.45, 2.75) is 46.1 Å². The number of hydrogen-bond acceptors (Lipinski definition) is 5. The van der Waals surface area contributed by atoms with Crippen molar-refractivity contribution in [2.75, 3.05) is 13.1 Å². The van der Waals surface area contributed by atoms with Crippen LogP contribution in [0.15, 0.2) is 28.8 Å². The third-order valence-corrected chi connectivity index (χ3v) is 5.24. The number of aromatic nitrogens is 1. The summed E-state index contributed by atoms with van der Waals surface area (Å²) in [6, 6.07) is 7.22. The van der Waals surface area contributed by atoms with Gasteiger partial charge in [0.25, 0.3) is 5.91 Å². The van der Waals surface area contributed by atoms with Crippen LogP contribution in [0.5, 0.6) is 5.75 Å². The van der Waals surface area contributed by atoms with Gasteiger partial charge in [-0.05, 0) is 51.2 Å². The third-order valence-electron chi connectivity index (χ3n) is 5.24. The number of ether oxygens (including phenoxy) is 1. The van der Waals surface area contributed by atoms with Gasteiger partial charge in [-0.25, -0.2) is 0 Å². The molecule has 7 heteroatoms. The van der Waals surface area contributed by atoms with Crippen LogP contribution in [0.3, 0.4) is 0 Å². The highest BCUT2D eigenvalue weighted by Crippen LogP contribution is 2.26. The third kappa shape index (κ3) is 4.71. The summed E-state index contributed by atoms with van der Waals surface area (Å²) in [4.78, 5) is 25.7. The first-order valence-electron chi connectivity index (χ1n) is 9.60. The van der Waals surface area contributed by atoms with Crippen LogP contribution < -0.4 is 4.74 Å². The van der Waals surface area contributed by atoms with Gasteiger partial charge < -0.3 is 19.3 Å². The number of piperidine rings is 1. The molecule has 1 saturated heterocycles. The zero-order valence-corrected chi connectivity index (χ0v) is 16.3. The SMILES string of the molecule is Cc1noc(C)c1COc1ccccc1C(=O)N1CCCC(CCC(=O)O)C1. The Labute approximate surface area is 164 Å². The lowest BCUT2D eigenvalue weighted by Gasteiger charge is -2.33. The van der Waals surface area contributed by atoms with Crippen LogP contribution in [0.1, 0.15) is 53.1 Å². The molecule has 3 rings (SSSR count). The number of nitrogens with zero attached hydrogens (tertiary/aromatic N) is 2. The predicted octanol–water partition coefficient (Wildman–Crippen LogP) is 3.59. The molecule has 0 aliphatic carbocycles. The molecule has 0 spiro atoms. The Morgan fingerprint density at radius 1 is 1.32 bits per heavy atom. The van der Waals surface area contributed by atoms with E-state index in [4.69, 9.17) is 14.4 Å². The molecule has 1 N–H and O–H groups in total. The van der Waals surface area contributed by atoms with Gasteiger partial charge in [0.05, 0.1) is 16.8 Å². The molecule has 1 unspecified atom stereocenters. The molecule has 0 radical (unpaired) electrons. The normalized spacial score (nSPS) is 16.8. The summed E-state index contributed by atoms with van der Waals surface area (Å²) in [5.74, 6) is 0.596.